The van der Waals surface area contributed by atoms with Crippen LogP contribution in [0.4, 0.5) is 11.5 Å². The molecule has 5 amide bonds. The van der Waals surface area contributed by atoms with Crippen LogP contribution in [0.15, 0.2) is 60.8 Å². The van der Waals surface area contributed by atoms with Gasteiger partial charge in [0.15, 0.2) is 11.5 Å². The predicted octanol–water partition coefficient (Wildman–Crippen LogP) is 5.63. The summed E-state index contributed by atoms with van der Waals surface area (Å²) in [5.41, 5.74) is 1.90. The van der Waals surface area contributed by atoms with Crippen molar-refractivity contribution in [3.8, 4) is 11.5 Å². The van der Waals surface area contributed by atoms with Crippen molar-refractivity contribution in [1.29, 1.82) is 0 Å². The van der Waals surface area contributed by atoms with Crippen molar-refractivity contribution in [3.63, 3.8) is 0 Å². The summed E-state index contributed by atoms with van der Waals surface area (Å²) in [6.07, 6.45) is 8.77. The first-order valence-electron chi connectivity index (χ1n) is 22.1. The van der Waals surface area contributed by atoms with Gasteiger partial charge in [-0.2, -0.15) is 0 Å². The maximum Gasteiger partial charge on any atom is 0.272 e. The fraction of sp³-hybridized carbons (Fsp3) is 0.468. The number of ether oxygens (including phenoxy) is 2. The number of carbonyl (C=O) groups excluding carboxylic acids is 5. The van der Waals surface area contributed by atoms with Crippen LogP contribution in [0, 0.1) is 12.5 Å². The van der Waals surface area contributed by atoms with Crippen molar-refractivity contribution in [2.75, 3.05) is 24.5 Å². The van der Waals surface area contributed by atoms with Crippen molar-refractivity contribution in [1.82, 2.24) is 35.6 Å². The van der Waals surface area contributed by atoms with E-state index in [2.05, 4.69) is 54.3 Å². The Morgan fingerprint density at radius 1 is 0.905 bits per heavy atom. The van der Waals surface area contributed by atoms with Crippen LogP contribution in [-0.4, -0.2) is 111 Å². The molecule has 1 unspecified atom stereocenters. The Bertz CT molecular complexity index is 2470. The summed E-state index contributed by atoms with van der Waals surface area (Å²) in [6, 6.07) is 15.7. The van der Waals surface area contributed by atoms with Crippen LogP contribution in [0.2, 0.25) is 0 Å². The molecular formula is C47H51N9O7. The molecule has 4 aromatic rings. The number of nitrogens with zero attached hydrogens (tertiary/aromatic N) is 7. The molecule has 2 N–H and O–H groups in total. The predicted molar refractivity (Wildman–Crippen MR) is 232 cm³/mol. The van der Waals surface area contributed by atoms with Crippen LogP contribution < -0.4 is 25.0 Å². The molecule has 326 valence electrons. The molecule has 2 saturated carbocycles. The lowest BCUT2D eigenvalue weighted by atomic mass is 9.85. The standard InChI is InChI=1S/C47H51N9O7/c1-27(2)55(30-23-33(24-30)62-32-10-11-34-36(25-32)47(61)56(46(34)60)39-14-17-42(57)51-45(39)59)26-28-18-21-54(22-19-28)41-16-13-38(52-53-41)44(58)50-29-6-8-31(9-7-29)63-40-15-12-37(48-3)43-35(40)5-4-20-49-43/h4-5,10-13,15-16,20,25,27-31,33,39H,6-9,14,17-19,21-24,26H2,1-2H3,(H,50,58)(H,51,57,59). The molecule has 1 atom stereocenters. The maximum absolute atomic E-state index is 13.3. The fourth-order valence-electron chi connectivity index (χ4n) is 9.75. The van der Waals surface area contributed by atoms with Crippen molar-refractivity contribution in [2.45, 2.75) is 114 Å². The Morgan fingerprint density at radius 2 is 1.68 bits per heavy atom. The van der Waals surface area contributed by atoms with Crippen molar-refractivity contribution in [2.24, 2.45) is 5.92 Å². The lowest BCUT2D eigenvalue weighted by Gasteiger charge is -2.46. The molecule has 2 aliphatic carbocycles. The average molecular weight is 854 g/mol. The number of benzene rings is 2. The zero-order chi connectivity index (χ0) is 43.8. The number of hydrogen-bond acceptors (Lipinski definition) is 12. The van der Waals surface area contributed by atoms with Gasteiger partial charge in [-0.05, 0) is 113 Å². The zero-order valence-corrected chi connectivity index (χ0v) is 35.5. The van der Waals surface area contributed by atoms with Crippen LogP contribution in [-0.2, 0) is 9.59 Å². The second kappa shape index (κ2) is 17.7. The van der Waals surface area contributed by atoms with Gasteiger partial charge in [0.1, 0.15) is 23.6 Å². The molecule has 2 saturated heterocycles. The van der Waals surface area contributed by atoms with Gasteiger partial charge in [0.2, 0.25) is 17.5 Å². The molecule has 16 nitrogen and oxygen atoms in total. The first-order valence-corrected chi connectivity index (χ1v) is 22.1. The highest BCUT2D eigenvalue weighted by molar-refractivity contribution is 6.23. The topological polar surface area (TPSA) is 181 Å². The van der Waals surface area contributed by atoms with E-state index in [1.54, 1.807) is 36.5 Å². The number of piperidine rings is 2. The molecule has 0 bridgehead atoms. The highest BCUT2D eigenvalue weighted by atomic mass is 16.5. The molecule has 2 aromatic carbocycles. The summed E-state index contributed by atoms with van der Waals surface area (Å²) < 4.78 is 12.7. The summed E-state index contributed by atoms with van der Waals surface area (Å²) in [4.78, 5) is 77.4. The van der Waals surface area contributed by atoms with Gasteiger partial charge >= 0.3 is 0 Å². The Morgan fingerprint density at radius 3 is 2.40 bits per heavy atom. The van der Waals surface area contributed by atoms with E-state index in [0.717, 1.165) is 92.9 Å². The van der Waals surface area contributed by atoms with Gasteiger partial charge < -0.3 is 19.7 Å². The lowest BCUT2D eigenvalue weighted by molar-refractivity contribution is -0.136. The van der Waals surface area contributed by atoms with E-state index in [9.17, 15) is 24.0 Å². The molecule has 16 heteroatoms. The molecule has 5 aliphatic rings. The summed E-state index contributed by atoms with van der Waals surface area (Å²) >= 11 is 0. The normalized spacial score (nSPS) is 24.0. The molecular weight excluding hydrogens is 803 g/mol. The quantitative estimate of drug-likeness (QED) is 0.133. The van der Waals surface area contributed by atoms with Crippen molar-refractivity contribution < 1.29 is 33.4 Å². The van der Waals surface area contributed by atoms with Crippen LogP contribution in [0.5, 0.6) is 11.5 Å². The molecule has 9 rings (SSSR count). The number of imide groups is 2. The van der Waals surface area contributed by atoms with Gasteiger partial charge in [-0.3, -0.25) is 44.1 Å². The van der Waals surface area contributed by atoms with Gasteiger partial charge in [0.25, 0.3) is 17.7 Å². The number of hydrogen-bond donors (Lipinski definition) is 2. The van der Waals surface area contributed by atoms with Gasteiger partial charge in [0, 0.05) is 68.6 Å². The van der Waals surface area contributed by atoms with E-state index in [1.165, 1.54) is 0 Å². The highest BCUT2D eigenvalue weighted by Crippen LogP contribution is 2.37. The summed E-state index contributed by atoms with van der Waals surface area (Å²) in [7, 11) is 0. The summed E-state index contributed by atoms with van der Waals surface area (Å²) in [6.45, 7) is 14.6. The molecule has 0 radical (unpaired) electrons. The smallest absolute Gasteiger partial charge is 0.272 e. The third-order valence-corrected chi connectivity index (χ3v) is 13.3. The lowest BCUT2D eigenvalue weighted by Crippen LogP contribution is -2.54. The van der Waals surface area contributed by atoms with E-state index in [4.69, 9.17) is 16.0 Å². The molecule has 2 aromatic heterocycles. The number of nitrogens with one attached hydrogen (secondary N) is 2. The monoisotopic (exact) mass is 853 g/mol. The Hall–Kier alpha value is -6.47. The minimum atomic E-state index is -1.00. The second-order valence-electron chi connectivity index (χ2n) is 17.7. The van der Waals surface area contributed by atoms with Crippen LogP contribution in [0.1, 0.15) is 109 Å². The number of carbonyl (C=O) groups is 5. The number of amides is 5. The average Bonchev–Trinajstić information content (AvgIpc) is 3.52. The zero-order valence-electron chi connectivity index (χ0n) is 35.5. The SMILES string of the molecule is [C-]#[N+]c1ccc(OC2CCC(NC(=O)c3ccc(N4CCC(CN(C(C)C)C5CC(Oc6ccc7c(c6)C(=O)N(C6CCC(=O)NC6=O)C7=O)C5)CC4)nn3)CC2)c2cccnc12. The first-order chi connectivity index (χ1) is 30.5. The minimum Gasteiger partial charge on any atom is -0.490 e. The number of aromatic nitrogens is 3. The van der Waals surface area contributed by atoms with Crippen LogP contribution in [0.25, 0.3) is 15.7 Å². The first kappa shape index (κ1) is 41.9. The van der Waals surface area contributed by atoms with Gasteiger partial charge in [-0.1, -0.05) is 6.07 Å². The largest absolute Gasteiger partial charge is 0.490 e. The number of rotatable bonds is 12. The molecule has 3 aliphatic heterocycles. The summed E-state index contributed by atoms with van der Waals surface area (Å²) in [5, 5.41) is 15.0. The number of anilines is 1. The maximum atomic E-state index is 13.3. The van der Waals surface area contributed by atoms with Crippen molar-refractivity contribution >= 4 is 51.9 Å². The van der Waals surface area contributed by atoms with Crippen molar-refractivity contribution in [3.05, 3.63) is 89.0 Å². The second-order valence-corrected chi connectivity index (χ2v) is 17.7. The third kappa shape index (κ3) is 8.66. The van der Waals surface area contributed by atoms with E-state index in [-0.39, 0.29) is 48.1 Å². The Balaban J connectivity index is 0.706. The van der Waals surface area contributed by atoms with E-state index in [0.29, 0.717) is 40.6 Å². The molecule has 5 heterocycles. The summed E-state index contributed by atoms with van der Waals surface area (Å²) in [5.74, 6) is 0.206. The van der Waals surface area contributed by atoms with E-state index in [1.807, 2.05) is 24.3 Å². The van der Waals surface area contributed by atoms with Gasteiger partial charge in [-0.25, -0.2) is 4.85 Å². The van der Waals surface area contributed by atoms with Gasteiger partial charge in [0.05, 0.1) is 29.3 Å². The fourth-order valence-corrected chi connectivity index (χ4v) is 9.75. The molecule has 4 fully saturated rings. The van der Waals surface area contributed by atoms with Crippen LogP contribution >= 0.6 is 0 Å². The number of fused-ring (bicyclic) bond motifs is 2. The third-order valence-electron chi connectivity index (χ3n) is 13.3. The number of pyridine rings is 1. The minimum absolute atomic E-state index is 0.0135. The van der Waals surface area contributed by atoms with E-state index >= 15 is 0 Å². The highest BCUT2D eigenvalue weighted by Gasteiger charge is 2.45. The van der Waals surface area contributed by atoms with E-state index < -0.39 is 29.7 Å². The molecule has 63 heavy (non-hydrogen) atoms. The Labute approximate surface area is 365 Å². The van der Waals surface area contributed by atoms with Crippen LogP contribution in [0.3, 0.4) is 0 Å². The molecule has 0 spiro atoms. The Kier molecular flexibility index (Phi) is 11.8. The van der Waals surface area contributed by atoms with Gasteiger partial charge in [-0.15, -0.1) is 10.2 Å².